The Kier molecular flexibility index (Phi) is 10.9. The van der Waals surface area contributed by atoms with Gasteiger partial charge >= 0.3 is 0 Å². The minimum atomic E-state index is -1.45. The molecule has 8 aromatic carbocycles. The van der Waals surface area contributed by atoms with Crippen LogP contribution in [0.3, 0.4) is 0 Å². The minimum absolute atomic E-state index is 0.631. The maximum atomic E-state index is 9.45. The highest BCUT2D eigenvalue weighted by molar-refractivity contribution is 6.89. The number of hydrogen-bond donors (Lipinski definition) is 0. The predicted octanol–water partition coefficient (Wildman–Crippen LogP) is 14.6. The molecule has 60 heavy (non-hydrogen) atoms. The summed E-state index contributed by atoms with van der Waals surface area (Å²) in [7, 11) is -2.89. The van der Waals surface area contributed by atoms with Gasteiger partial charge in [-0.3, -0.25) is 0 Å². The van der Waals surface area contributed by atoms with Crippen molar-refractivity contribution in [1.29, 1.82) is 5.26 Å². The Morgan fingerprint density at radius 2 is 0.767 bits per heavy atom. The molecule has 8 aromatic rings. The lowest BCUT2D eigenvalue weighted by Gasteiger charge is -2.27. The summed E-state index contributed by atoms with van der Waals surface area (Å²) in [6.45, 7) is 21.7. The SMILES string of the molecule is [C-]#[N+]c1ccc(N(c2ccc([Si](C)(C)C)cc2)c2ccc3cc(/C=C/c4ccc5cc(N(c6ccc(C#N)cc6)c6ccc([Si](C)(C)C)cc6)ccc5c4)ccc3c2)cc1. The number of fused-ring (bicyclic) bond motifs is 2. The molecule has 0 amide bonds. The van der Waals surface area contributed by atoms with Crippen LogP contribution in [0.15, 0.2) is 170 Å². The topological polar surface area (TPSA) is 34.6 Å². The highest BCUT2D eigenvalue weighted by Gasteiger charge is 2.20. The van der Waals surface area contributed by atoms with Crippen LogP contribution in [0.2, 0.25) is 39.3 Å². The van der Waals surface area contributed by atoms with Crippen LogP contribution >= 0.6 is 0 Å². The summed E-state index contributed by atoms with van der Waals surface area (Å²) >= 11 is 0. The highest BCUT2D eigenvalue weighted by atomic mass is 28.3. The van der Waals surface area contributed by atoms with Crippen LogP contribution in [-0.2, 0) is 0 Å². The van der Waals surface area contributed by atoms with Crippen LogP contribution in [0, 0.1) is 17.9 Å². The lowest BCUT2D eigenvalue weighted by atomic mass is 10.0. The lowest BCUT2D eigenvalue weighted by molar-refractivity contribution is 1.29. The second-order valence-corrected chi connectivity index (χ2v) is 27.6. The van der Waals surface area contributed by atoms with Crippen molar-refractivity contribution in [2.75, 3.05) is 9.80 Å². The van der Waals surface area contributed by atoms with Gasteiger partial charge in [-0.2, -0.15) is 5.26 Å². The Bertz CT molecular complexity index is 2740. The Balaban J connectivity index is 1.06. The Morgan fingerprint density at radius 3 is 1.13 bits per heavy atom. The first-order valence-electron chi connectivity index (χ1n) is 20.4. The molecule has 0 saturated carbocycles. The van der Waals surface area contributed by atoms with Crippen LogP contribution in [0.4, 0.5) is 39.8 Å². The average molecular weight is 809 g/mol. The smallest absolute Gasteiger partial charge is 0.187 e. The van der Waals surface area contributed by atoms with E-state index < -0.39 is 16.1 Å². The van der Waals surface area contributed by atoms with E-state index in [0.29, 0.717) is 11.3 Å². The van der Waals surface area contributed by atoms with Crippen molar-refractivity contribution in [3.63, 3.8) is 0 Å². The van der Waals surface area contributed by atoms with E-state index >= 15 is 0 Å². The van der Waals surface area contributed by atoms with Crippen LogP contribution in [0.5, 0.6) is 0 Å². The summed E-state index contributed by atoms with van der Waals surface area (Å²) in [5.41, 5.74) is 9.89. The molecule has 0 radical (unpaired) electrons. The van der Waals surface area contributed by atoms with E-state index in [2.05, 4.69) is 193 Å². The van der Waals surface area contributed by atoms with Crippen molar-refractivity contribution in [2.24, 2.45) is 0 Å². The largest absolute Gasteiger partial charge is 0.311 e. The first kappa shape index (κ1) is 39.8. The van der Waals surface area contributed by atoms with Gasteiger partial charge in [-0.1, -0.05) is 135 Å². The van der Waals surface area contributed by atoms with Crippen molar-refractivity contribution in [2.45, 2.75) is 39.3 Å². The summed E-state index contributed by atoms with van der Waals surface area (Å²) in [6.07, 6.45) is 4.37. The van der Waals surface area contributed by atoms with Gasteiger partial charge in [0, 0.05) is 34.1 Å². The molecule has 0 aliphatic carbocycles. The van der Waals surface area contributed by atoms with Gasteiger partial charge in [-0.15, -0.1) is 0 Å². The van der Waals surface area contributed by atoms with Gasteiger partial charge in [0.05, 0.1) is 34.4 Å². The standard InChI is InChI=1S/C54H48N4Si2/c1-56-46-18-24-48(25-19-46)58(50-28-32-54(33-29-50)60(5,6)7)52-23-17-43-35-40(11-15-45(43)37-52)9-8-39-10-14-44-36-51(22-16-42(44)34-39)57(47-20-12-41(38-55)13-21-47)49-26-30-53(31-27-49)59(2,3)4/h8-37H,2-7H3/b9-8+. The number of hydrogen-bond acceptors (Lipinski definition) is 3. The monoisotopic (exact) mass is 808 g/mol. The molecular formula is C54H48N4Si2. The Labute approximate surface area is 356 Å². The number of anilines is 6. The number of rotatable bonds is 10. The van der Waals surface area contributed by atoms with Crippen molar-refractivity contribution < 1.29 is 0 Å². The van der Waals surface area contributed by atoms with Crippen LogP contribution in [0.25, 0.3) is 38.5 Å². The zero-order valence-corrected chi connectivity index (χ0v) is 37.1. The lowest BCUT2D eigenvalue weighted by Crippen LogP contribution is -2.37. The minimum Gasteiger partial charge on any atom is -0.311 e. The molecule has 0 bridgehead atoms. The number of nitrogens with zero attached hydrogens (tertiary/aromatic N) is 4. The number of nitriles is 1. The summed E-state index contributed by atoms with van der Waals surface area (Å²) in [6, 6.07) is 62.4. The fourth-order valence-corrected chi connectivity index (χ4v) is 9.99. The van der Waals surface area contributed by atoms with Gasteiger partial charge in [0.15, 0.2) is 5.69 Å². The molecule has 292 valence electrons. The van der Waals surface area contributed by atoms with Crippen molar-refractivity contribution in [3.8, 4) is 6.07 Å². The molecule has 0 saturated heterocycles. The van der Waals surface area contributed by atoms with Gasteiger partial charge in [-0.05, 0) is 130 Å². The van der Waals surface area contributed by atoms with Crippen molar-refractivity contribution in [3.05, 3.63) is 198 Å². The zero-order valence-electron chi connectivity index (χ0n) is 35.1. The summed E-state index contributed by atoms with van der Waals surface area (Å²) < 4.78 is 0. The summed E-state index contributed by atoms with van der Waals surface area (Å²) in [5, 5.41) is 17.0. The van der Waals surface area contributed by atoms with E-state index in [4.69, 9.17) is 6.57 Å². The van der Waals surface area contributed by atoms with E-state index in [0.717, 1.165) is 56.0 Å². The molecule has 4 nitrogen and oxygen atoms in total. The van der Waals surface area contributed by atoms with Gasteiger partial charge in [0.25, 0.3) is 0 Å². The van der Waals surface area contributed by atoms with E-state index in [1.807, 2.05) is 48.5 Å². The summed E-state index contributed by atoms with van der Waals surface area (Å²) in [4.78, 5) is 8.15. The molecule has 0 N–H and O–H groups in total. The first-order valence-corrected chi connectivity index (χ1v) is 27.4. The van der Waals surface area contributed by atoms with Crippen molar-refractivity contribution >= 4 is 100 Å². The van der Waals surface area contributed by atoms with E-state index in [1.54, 1.807) is 0 Å². The normalized spacial score (nSPS) is 11.7. The maximum Gasteiger partial charge on any atom is 0.187 e. The van der Waals surface area contributed by atoms with Crippen molar-refractivity contribution in [1.82, 2.24) is 0 Å². The third-order valence-electron chi connectivity index (χ3n) is 11.2. The highest BCUT2D eigenvalue weighted by Crippen LogP contribution is 2.38. The Morgan fingerprint density at radius 1 is 0.433 bits per heavy atom. The molecule has 0 atom stereocenters. The van der Waals surface area contributed by atoms with E-state index in [9.17, 15) is 5.26 Å². The molecule has 0 aliphatic heterocycles. The first-order chi connectivity index (χ1) is 28.9. The van der Waals surface area contributed by atoms with Gasteiger partial charge in [0.1, 0.15) is 0 Å². The van der Waals surface area contributed by atoms with Crippen LogP contribution in [0.1, 0.15) is 16.7 Å². The fourth-order valence-electron chi connectivity index (χ4n) is 7.66. The average Bonchev–Trinajstić information content (AvgIpc) is 3.26. The van der Waals surface area contributed by atoms with Gasteiger partial charge < -0.3 is 9.80 Å². The molecule has 0 fully saturated rings. The number of benzene rings is 8. The predicted molar refractivity (Wildman–Crippen MR) is 263 cm³/mol. The van der Waals surface area contributed by atoms with Crippen LogP contribution in [-0.4, -0.2) is 16.1 Å². The molecule has 0 heterocycles. The molecule has 0 spiro atoms. The third-order valence-corrected chi connectivity index (χ3v) is 15.3. The molecule has 0 aromatic heterocycles. The zero-order chi connectivity index (χ0) is 42.0. The molecule has 0 unspecified atom stereocenters. The molecule has 6 heteroatoms. The van der Waals surface area contributed by atoms with E-state index in [1.165, 1.54) is 21.1 Å². The second-order valence-electron chi connectivity index (χ2n) is 17.5. The molecular weight excluding hydrogens is 761 g/mol. The fraction of sp³-hybridized carbons (Fsp3) is 0.111. The molecule has 0 aliphatic rings. The van der Waals surface area contributed by atoms with E-state index in [-0.39, 0.29) is 0 Å². The van der Waals surface area contributed by atoms with Gasteiger partial charge in [-0.25, -0.2) is 4.85 Å². The quantitative estimate of drug-likeness (QED) is 0.0784. The second kappa shape index (κ2) is 16.4. The third kappa shape index (κ3) is 8.58. The maximum absolute atomic E-state index is 9.45. The molecule has 8 rings (SSSR count). The Hall–Kier alpha value is -6.97. The summed E-state index contributed by atoms with van der Waals surface area (Å²) in [5.74, 6) is 0. The van der Waals surface area contributed by atoms with Crippen LogP contribution < -0.4 is 20.2 Å². The van der Waals surface area contributed by atoms with Gasteiger partial charge in [0.2, 0.25) is 0 Å².